The SMILES string of the molecule is Cl.Cl.[2H]c1nc2c(S(=O)(=O)C/C(F)=C/CN)c([2H])c([2H])c([2H])c2c([2H])c1[2H].[2H]c1nc2c(S(=O)(=O)C/C(F)=C/CNC(=O)OC(C)(C)C)c([2H])c([2H])c([2H])c2c([2H])c1[2H]. The lowest BCUT2D eigenvalue weighted by Gasteiger charge is -2.19. The molecule has 0 aliphatic rings. The van der Waals surface area contributed by atoms with Gasteiger partial charge in [0.2, 0.25) is 0 Å². The molecule has 0 aliphatic heterocycles. The van der Waals surface area contributed by atoms with Gasteiger partial charge in [0.15, 0.2) is 19.7 Å². The van der Waals surface area contributed by atoms with Crippen LogP contribution in [0.15, 0.2) is 106 Å². The van der Waals surface area contributed by atoms with Crippen molar-refractivity contribution in [2.75, 3.05) is 24.6 Å². The van der Waals surface area contributed by atoms with Crippen molar-refractivity contribution < 1.29 is 51.6 Å². The van der Waals surface area contributed by atoms with E-state index in [9.17, 15) is 30.4 Å². The van der Waals surface area contributed by atoms with Crippen LogP contribution >= 0.6 is 24.8 Å². The summed E-state index contributed by atoms with van der Waals surface area (Å²) in [5.74, 6) is -4.62. The number of halogens is 4. The Morgan fingerprint density at radius 3 is 1.68 bits per heavy atom. The summed E-state index contributed by atoms with van der Waals surface area (Å²) >= 11 is 0. The maximum atomic E-state index is 14.3. The van der Waals surface area contributed by atoms with Crippen molar-refractivity contribution >= 4 is 72.4 Å². The van der Waals surface area contributed by atoms with Crippen molar-refractivity contribution in [3.05, 3.63) is 96.6 Å². The van der Waals surface area contributed by atoms with Gasteiger partial charge < -0.3 is 15.8 Å². The van der Waals surface area contributed by atoms with Gasteiger partial charge in [-0.15, -0.1) is 24.8 Å². The maximum Gasteiger partial charge on any atom is 0.407 e. The fourth-order valence-electron chi connectivity index (χ4n) is 3.27. The van der Waals surface area contributed by atoms with E-state index in [-0.39, 0.29) is 37.9 Å². The van der Waals surface area contributed by atoms with Crippen LogP contribution in [-0.2, 0) is 24.4 Å². The number of nitrogens with zero attached hydrogens (tertiary/aromatic N) is 2. The number of amides is 1. The van der Waals surface area contributed by atoms with Gasteiger partial charge in [-0.3, -0.25) is 9.97 Å². The molecule has 0 radical (unpaired) electrons. The van der Waals surface area contributed by atoms with Crippen molar-refractivity contribution in [2.45, 2.75) is 36.2 Å². The van der Waals surface area contributed by atoms with Gasteiger partial charge in [0.05, 0.1) is 37.3 Å². The van der Waals surface area contributed by atoms with Crippen LogP contribution in [0.1, 0.15) is 37.2 Å². The van der Waals surface area contributed by atoms with Gasteiger partial charge in [-0.05, 0) is 57.1 Å². The molecule has 10 nitrogen and oxygen atoms in total. The van der Waals surface area contributed by atoms with Crippen LogP contribution < -0.4 is 11.1 Å². The van der Waals surface area contributed by atoms with Gasteiger partial charge in [0.25, 0.3) is 0 Å². The molecule has 1 amide bonds. The third-order valence-electron chi connectivity index (χ3n) is 5.04. The minimum Gasteiger partial charge on any atom is -0.444 e. The quantitative estimate of drug-likeness (QED) is 0.208. The molecule has 2 heterocycles. The fourth-order valence-corrected chi connectivity index (χ4v) is 5.82. The van der Waals surface area contributed by atoms with E-state index in [1.807, 2.05) is 0 Å². The number of sulfone groups is 2. The number of carbonyl (C=O) groups excluding carboxylic acids is 1. The van der Waals surface area contributed by atoms with Crippen molar-refractivity contribution in [1.29, 1.82) is 0 Å². The Morgan fingerprint density at radius 1 is 0.830 bits per heavy atom. The normalized spacial score (nSPS) is 15.9. The highest BCUT2D eigenvalue weighted by molar-refractivity contribution is 7.92. The van der Waals surface area contributed by atoms with Gasteiger partial charge in [-0.1, -0.05) is 36.3 Å². The highest BCUT2D eigenvalue weighted by Gasteiger charge is 2.22. The largest absolute Gasteiger partial charge is 0.444 e. The number of nitrogens with one attached hydrogen (secondary N) is 1. The molecule has 47 heavy (non-hydrogen) atoms. The van der Waals surface area contributed by atoms with E-state index in [1.165, 1.54) is 0 Å². The Labute approximate surface area is 302 Å². The number of benzene rings is 2. The number of aromatic nitrogens is 2. The molecule has 0 spiro atoms. The van der Waals surface area contributed by atoms with Crippen molar-refractivity contribution in [2.24, 2.45) is 5.73 Å². The third-order valence-corrected chi connectivity index (χ3v) is 8.19. The zero-order chi connectivity index (χ0) is 43.7. The topological polar surface area (TPSA) is 158 Å². The van der Waals surface area contributed by atoms with Gasteiger partial charge >= 0.3 is 6.09 Å². The number of pyridine rings is 2. The molecule has 2 aromatic heterocycles. The molecule has 0 saturated carbocycles. The minimum absolute atomic E-state index is 0. The highest BCUT2D eigenvalue weighted by Crippen LogP contribution is 2.24. The molecule has 3 N–H and O–H groups in total. The van der Waals surface area contributed by atoms with Crippen LogP contribution in [-0.4, -0.2) is 63.1 Å². The average molecular weight is 746 g/mol. The second kappa shape index (κ2) is 18.0. The Bertz CT molecular complexity index is 2590. The smallest absolute Gasteiger partial charge is 0.407 e. The van der Waals surface area contributed by atoms with E-state index in [0.29, 0.717) is 0 Å². The minimum atomic E-state index is -4.65. The summed E-state index contributed by atoms with van der Waals surface area (Å²) < 4.78 is 177. The van der Waals surface area contributed by atoms with Crippen molar-refractivity contribution in [1.82, 2.24) is 15.3 Å². The first-order valence-corrected chi connectivity index (χ1v) is 16.0. The van der Waals surface area contributed by atoms with E-state index in [1.54, 1.807) is 20.8 Å². The summed E-state index contributed by atoms with van der Waals surface area (Å²) in [6.45, 7) is 4.27. The molecule has 4 rings (SSSR count). The average Bonchev–Trinajstić information content (AvgIpc) is 3.06. The molecule has 256 valence electrons. The summed E-state index contributed by atoms with van der Waals surface area (Å²) in [5, 5.41) is 1.30. The molecule has 0 bridgehead atoms. The number of nitrogens with two attached hydrogens (primary N) is 1. The molecular weight excluding hydrogens is 697 g/mol. The Kier molecular flexibility index (Phi) is 9.71. The number of para-hydroxylation sites is 2. The van der Waals surface area contributed by atoms with Crippen LogP contribution in [0, 0.1) is 0 Å². The molecule has 4 aromatic rings. The van der Waals surface area contributed by atoms with E-state index >= 15 is 0 Å². The Hall–Kier alpha value is -3.69. The van der Waals surface area contributed by atoms with E-state index < -0.39 is 159 Å². The van der Waals surface area contributed by atoms with E-state index in [2.05, 4.69) is 15.3 Å². The number of alkyl carbamates (subject to hydrolysis) is 1. The fraction of sp³-hybridized carbons (Fsp3) is 0.258. The van der Waals surface area contributed by atoms with E-state index in [0.717, 1.165) is 12.2 Å². The standard InChI is InChI=1S/C18H21FN2O4S.C13H13FN2O2S.2ClH/c1-18(2,3)25-17(22)21-11-9-14(19)12-26(23,24)15-8-4-6-13-7-5-10-20-16(13)15;14-11(6-7-15)9-19(17,18)12-5-1-3-10-4-2-8-16-13(10)12;;/h4-10H,11-12H2,1-3H3,(H,21,22);1-6,8H,7,9,15H2;2*1H/b14-9-;11-6-;;/i4D,5D,6D,7D,8D,10D;1D,2D,3D,4D,5D,8D;;. The third kappa shape index (κ3) is 12.5. The van der Waals surface area contributed by atoms with Crippen LogP contribution in [0.5, 0.6) is 0 Å². The predicted octanol–water partition coefficient (Wildman–Crippen LogP) is 6.05. The maximum absolute atomic E-state index is 14.3. The van der Waals surface area contributed by atoms with Crippen LogP contribution in [0.4, 0.5) is 13.6 Å². The van der Waals surface area contributed by atoms with Crippen LogP contribution in [0.2, 0.25) is 0 Å². The molecule has 0 aliphatic carbocycles. The molecule has 0 atom stereocenters. The van der Waals surface area contributed by atoms with Crippen molar-refractivity contribution in [3.8, 4) is 0 Å². The molecular formula is C31H36Cl2F2N4O6S2. The number of hydrogen-bond acceptors (Lipinski definition) is 9. The molecule has 0 saturated heterocycles. The number of carbonyl (C=O) groups is 1. The number of rotatable bonds is 9. The summed E-state index contributed by atoms with van der Waals surface area (Å²) in [7, 11) is -9.16. The van der Waals surface area contributed by atoms with Gasteiger partial charge in [-0.2, -0.15) is 0 Å². The Morgan fingerprint density at radius 2 is 1.26 bits per heavy atom. The predicted molar refractivity (Wildman–Crippen MR) is 184 cm³/mol. The van der Waals surface area contributed by atoms with Crippen molar-refractivity contribution in [3.63, 3.8) is 0 Å². The van der Waals surface area contributed by atoms with Gasteiger partial charge in [-0.25, -0.2) is 30.4 Å². The number of fused-ring (bicyclic) bond motifs is 2. The molecule has 0 fully saturated rings. The van der Waals surface area contributed by atoms with Crippen LogP contribution in [0.3, 0.4) is 0 Å². The van der Waals surface area contributed by atoms with Gasteiger partial charge in [0, 0.05) is 36.2 Å². The van der Waals surface area contributed by atoms with Gasteiger partial charge in [0.1, 0.15) is 28.8 Å². The summed E-state index contributed by atoms with van der Waals surface area (Å²) in [4.78, 5) is 17.1. The highest BCUT2D eigenvalue weighted by atomic mass is 35.5. The van der Waals surface area contributed by atoms with Crippen LogP contribution in [0.25, 0.3) is 21.8 Å². The summed E-state index contributed by atoms with van der Waals surface area (Å²) in [6.07, 6.45) is -0.688. The summed E-state index contributed by atoms with van der Waals surface area (Å²) in [5.41, 5.74) is 3.18. The first-order chi connectivity index (χ1) is 26.1. The molecule has 16 heteroatoms. The summed E-state index contributed by atoms with van der Waals surface area (Å²) in [6, 6.07) is -7.41. The monoisotopic (exact) mass is 744 g/mol. The molecule has 0 unspecified atom stereocenters. The lowest BCUT2D eigenvalue weighted by atomic mass is 10.2. The number of hydrogen-bond donors (Lipinski definition) is 2. The second-order valence-electron chi connectivity index (χ2n) is 9.74. The lowest BCUT2D eigenvalue weighted by molar-refractivity contribution is 0.0534. The zero-order valence-electron chi connectivity index (χ0n) is 36.8. The first kappa shape index (κ1) is 25.3. The zero-order valence-corrected chi connectivity index (χ0v) is 28.1. The number of ether oxygens (including phenoxy) is 1. The Balaban J connectivity index is 0.000000586. The first-order valence-electron chi connectivity index (χ1n) is 18.6. The van der Waals surface area contributed by atoms with E-state index in [4.69, 9.17) is 26.9 Å². The second-order valence-corrected chi connectivity index (χ2v) is 13.6. The lowest BCUT2D eigenvalue weighted by Crippen LogP contribution is -2.32. The molecule has 2 aromatic carbocycles.